The van der Waals surface area contributed by atoms with Crippen molar-refractivity contribution in [3.05, 3.63) is 54.2 Å². The zero-order valence-electron chi connectivity index (χ0n) is 9.93. The number of rotatable bonds is 4. The van der Waals surface area contributed by atoms with Crippen LogP contribution in [-0.2, 0) is 6.54 Å². The van der Waals surface area contributed by atoms with E-state index in [-0.39, 0.29) is 0 Å². The molecule has 0 aliphatic carbocycles. The number of benzene rings is 1. The Morgan fingerprint density at radius 2 is 2.11 bits per heavy atom. The van der Waals surface area contributed by atoms with Gasteiger partial charge in [0.05, 0.1) is 12.7 Å². The average molecular weight is 254 g/mol. The molecule has 0 spiro atoms. The summed E-state index contributed by atoms with van der Waals surface area (Å²) in [6.07, 6.45) is 3.79. The highest BCUT2D eigenvalue weighted by molar-refractivity contribution is 5.70. The fourth-order valence-electron chi connectivity index (χ4n) is 1.70. The van der Waals surface area contributed by atoms with Crippen LogP contribution in [0.25, 0.3) is 11.5 Å². The van der Waals surface area contributed by atoms with Crippen molar-refractivity contribution in [2.24, 2.45) is 0 Å². The maximum absolute atomic E-state index is 10.5. The normalized spacial score (nSPS) is 10.5. The predicted molar refractivity (Wildman–Crippen MR) is 66.5 cm³/mol. The fourth-order valence-corrected chi connectivity index (χ4v) is 1.70. The van der Waals surface area contributed by atoms with E-state index >= 15 is 0 Å². The Morgan fingerprint density at radius 1 is 1.26 bits per heavy atom. The molecule has 0 amide bonds. The minimum absolute atomic E-state index is 0.298. The van der Waals surface area contributed by atoms with Crippen LogP contribution in [0.2, 0.25) is 0 Å². The third-order valence-electron chi connectivity index (χ3n) is 2.57. The summed E-state index contributed by atoms with van der Waals surface area (Å²) in [5.74, 6) is 0.561. The number of hydrogen-bond acceptors (Lipinski definition) is 5. The number of hydrogen-bond donors (Lipinski definition) is 0. The topological polar surface area (TPSA) is 73.8 Å². The second-order valence-corrected chi connectivity index (χ2v) is 3.97. The van der Waals surface area contributed by atoms with Gasteiger partial charge in [0.1, 0.15) is 17.7 Å². The molecule has 2 heterocycles. The summed E-state index contributed by atoms with van der Waals surface area (Å²) in [4.78, 5) is 14.9. The number of carbonyl (C=O) groups is 1. The van der Waals surface area contributed by atoms with E-state index in [4.69, 9.17) is 4.42 Å². The van der Waals surface area contributed by atoms with Gasteiger partial charge in [0.25, 0.3) is 0 Å². The zero-order valence-corrected chi connectivity index (χ0v) is 9.93. The van der Waals surface area contributed by atoms with Gasteiger partial charge in [-0.1, -0.05) is 23.4 Å². The van der Waals surface area contributed by atoms with Crippen molar-refractivity contribution in [2.45, 2.75) is 6.54 Å². The molecule has 3 rings (SSSR count). The largest absolute Gasteiger partial charge is 0.444 e. The molecule has 0 saturated carbocycles. The second-order valence-electron chi connectivity index (χ2n) is 3.97. The molecule has 2 aromatic heterocycles. The van der Waals surface area contributed by atoms with Crippen LogP contribution < -0.4 is 0 Å². The molecule has 3 aromatic rings. The summed E-state index contributed by atoms with van der Waals surface area (Å²) in [7, 11) is 0. The summed E-state index contributed by atoms with van der Waals surface area (Å²) in [6.45, 7) is 0.414. The van der Waals surface area contributed by atoms with Gasteiger partial charge in [-0.25, -0.2) is 9.67 Å². The van der Waals surface area contributed by atoms with Crippen molar-refractivity contribution in [1.82, 2.24) is 20.0 Å². The zero-order chi connectivity index (χ0) is 13.1. The molecule has 0 N–H and O–H groups in total. The molecule has 0 saturated heterocycles. The Balaban J connectivity index is 1.80. The van der Waals surface area contributed by atoms with Crippen LogP contribution in [-0.4, -0.2) is 26.3 Å². The third kappa shape index (κ3) is 2.42. The summed E-state index contributed by atoms with van der Waals surface area (Å²) < 4.78 is 6.95. The molecule has 6 nitrogen and oxygen atoms in total. The van der Waals surface area contributed by atoms with Crippen molar-refractivity contribution in [2.75, 3.05) is 0 Å². The molecule has 0 aliphatic heterocycles. The smallest absolute Gasteiger partial charge is 0.226 e. The Kier molecular flexibility index (Phi) is 2.89. The standard InChI is InChI=1S/C13H10N4O2/c18-8-11-6-17(16-15-11)7-12-9-19-13(14-12)10-4-2-1-3-5-10/h1-6,8-9H,7H2. The Labute approximate surface area is 108 Å². The lowest BCUT2D eigenvalue weighted by molar-refractivity contribution is 0.111. The molecular weight excluding hydrogens is 244 g/mol. The third-order valence-corrected chi connectivity index (χ3v) is 2.57. The Morgan fingerprint density at radius 3 is 2.84 bits per heavy atom. The summed E-state index contributed by atoms with van der Waals surface area (Å²) >= 11 is 0. The van der Waals surface area contributed by atoms with Crippen LogP contribution in [0.4, 0.5) is 0 Å². The lowest BCUT2D eigenvalue weighted by Gasteiger charge is -1.94. The molecular formula is C13H10N4O2. The number of oxazole rings is 1. The van der Waals surface area contributed by atoms with Crippen molar-refractivity contribution in [3.63, 3.8) is 0 Å². The minimum Gasteiger partial charge on any atom is -0.444 e. The highest BCUT2D eigenvalue weighted by Gasteiger charge is 2.07. The number of nitrogens with zero attached hydrogens (tertiary/aromatic N) is 4. The van der Waals surface area contributed by atoms with Crippen molar-refractivity contribution < 1.29 is 9.21 Å². The molecule has 6 heteroatoms. The van der Waals surface area contributed by atoms with E-state index in [2.05, 4.69) is 15.3 Å². The van der Waals surface area contributed by atoms with Crippen LogP contribution in [0.5, 0.6) is 0 Å². The summed E-state index contributed by atoms with van der Waals surface area (Å²) in [5, 5.41) is 7.50. The molecule has 0 fully saturated rings. The van der Waals surface area contributed by atoms with E-state index in [9.17, 15) is 4.79 Å². The first-order chi connectivity index (χ1) is 9.35. The van der Waals surface area contributed by atoms with Crippen LogP contribution in [0, 0.1) is 0 Å². The van der Waals surface area contributed by atoms with Gasteiger partial charge in [-0.3, -0.25) is 4.79 Å². The van der Waals surface area contributed by atoms with E-state index in [1.54, 1.807) is 12.5 Å². The molecule has 0 unspecified atom stereocenters. The van der Waals surface area contributed by atoms with Gasteiger partial charge in [0.2, 0.25) is 5.89 Å². The van der Waals surface area contributed by atoms with Gasteiger partial charge in [0.15, 0.2) is 6.29 Å². The lowest BCUT2D eigenvalue weighted by Crippen LogP contribution is -2.00. The SMILES string of the molecule is O=Cc1cn(Cc2coc(-c3ccccc3)n2)nn1. The van der Waals surface area contributed by atoms with Crippen LogP contribution >= 0.6 is 0 Å². The van der Waals surface area contributed by atoms with Crippen LogP contribution in [0.1, 0.15) is 16.2 Å². The fraction of sp³-hybridized carbons (Fsp3) is 0.0769. The van der Waals surface area contributed by atoms with E-state index < -0.39 is 0 Å². The van der Waals surface area contributed by atoms with Crippen LogP contribution in [0.15, 0.2) is 47.2 Å². The second kappa shape index (κ2) is 4.85. The van der Waals surface area contributed by atoms with Crippen molar-refractivity contribution >= 4 is 6.29 Å². The maximum atomic E-state index is 10.5. The van der Waals surface area contributed by atoms with Gasteiger partial charge in [-0.2, -0.15) is 0 Å². The van der Waals surface area contributed by atoms with Gasteiger partial charge < -0.3 is 4.42 Å². The summed E-state index contributed by atoms with van der Waals surface area (Å²) in [5.41, 5.74) is 1.94. The molecule has 94 valence electrons. The van der Waals surface area contributed by atoms with Crippen molar-refractivity contribution in [3.8, 4) is 11.5 Å². The average Bonchev–Trinajstić information content (AvgIpc) is 3.09. The molecule has 0 bridgehead atoms. The first-order valence-corrected chi connectivity index (χ1v) is 5.70. The first-order valence-electron chi connectivity index (χ1n) is 5.70. The Bertz CT molecular complexity index is 688. The van der Waals surface area contributed by atoms with Crippen LogP contribution in [0.3, 0.4) is 0 Å². The molecule has 1 aromatic carbocycles. The molecule has 19 heavy (non-hydrogen) atoms. The lowest BCUT2D eigenvalue weighted by atomic mass is 10.2. The van der Waals surface area contributed by atoms with Gasteiger partial charge in [-0.05, 0) is 12.1 Å². The maximum Gasteiger partial charge on any atom is 0.226 e. The quantitative estimate of drug-likeness (QED) is 0.663. The number of aldehydes is 1. The highest BCUT2D eigenvalue weighted by atomic mass is 16.3. The minimum atomic E-state index is 0.298. The van der Waals surface area contributed by atoms with E-state index in [1.165, 1.54) is 4.68 Å². The first kappa shape index (κ1) is 11.3. The predicted octanol–water partition coefficient (Wildman–Crippen LogP) is 1.79. The molecule has 0 aliphatic rings. The summed E-state index contributed by atoms with van der Waals surface area (Å²) in [6, 6.07) is 9.63. The van der Waals surface area contributed by atoms with E-state index in [0.717, 1.165) is 11.3 Å². The van der Waals surface area contributed by atoms with Crippen molar-refractivity contribution in [1.29, 1.82) is 0 Å². The molecule has 0 radical (unpaired) electrons. The number of aromatic nitrogens is 4. The van der Waals surface area contributed by atoms with E-state index in [0.29, 0.717) is 24.4 Å². The van der Waals surface area contributed by atoms with Gasteiger partial charge in [0, 0.05) is 5.56 Å². The Hall–Kier alpha value is -2.76. The van der Waals surface area contributed by atoms with Gasteiger partial charge >= 0.3 is 0 Å². The highest BCUT2D eigenvalue weighted by Crippen LogP contribution is 2.18. The number of carbonyl (C=O) groups excluding carboxylic acids is 1. The molecule has 0 atom stereocenters. The monoisotopic (exact) mass is 254 g/mol. The van der Waals surface area contributed by atoms with E-state index in [1.807, 2.05) is 30.3 Å². The van der Waals surface area contributed by atoms with Gasteiger partial charge in [-0.15, -0.1) is 5.10 Å².